The zero-order valence-corrected chi connectivity index (χ0v) is 17.0. The largest absolute Gasteiger partial charge is 0.427 e. The maximum Gasteiger partial charge on any atom is 0.312 e. The van der Waals surface area contributed by atoms with Gasteiger partial charge in [0.05, 0.1) is 17.0 Å². The van der Waals surface area contributed by atoms with Gasteiger partial charge in [-0.05, 0) is 40.1 Å². The SMILES string of the molecule is C#CCC1(n2cc(BOC(C)(C)C(C)(C)O)cn2)CN(S(=O)(=O)CC)C1. The van der Waals surface area contributed by atoms with Gasteiger partial charge in [-0.25, -0.2) is 8.42 Å². The molecule has 1 aromatic heterocycles. The normalized spacial score (nSPS) is 18.2. The van der Waals surface area contributed by atoms with E-state index in [1.54, 1.807) is 31.6 Å². The summed E-state index contributed by atoms with van der Waals surface area (Å²) in [5, 5.41) is 14.6. The van der Waals surface area contributed by atoms with E-state index in [1.807, 2.05) is 20.0 Å². The molecule has 0 aromatic carbocycles. The zero-order valence-electron chi connectivity index (χ0n) is 16.2. The predicted molar refractivity (Wildman–Crippen MR) is 103 cm³/mol. The number of rotatable bonds is 8. The van der Waals surface area contributed by atoms with Crippen LogP contribution in [-0.2, 0) is 20.2 Å². The fourth-order valence-corrected chi connectivity index (χ4v) is 3.89. The van der Waals surface area contributed by atoms with Crippen molar-refractivity contribution in [3.05, 3.63) is 12.4 Å². The second kappa shape index (κ2) is 7.00. The lowest BCUT2D eigenvalue weighted by atomic mass is 9.84. The number of hydrogen-bond acceptors (Lipinski definition) is 5. The van der Waals surface area contributed by atoms with E-state index < -0.39 is 26.8 Å². The van der Waals surface area contributed by atoms with Gasteiger partial charge in [-0.1, -0.05) is 0 Å². The quantitative estimate of drug-likeness (QED) is 0.499. The minimum Gasteiger partial charge on any atom is -0.427 e. The highest BCUT2D eigenvalue weighted by molar-refractivity contribution is 7.89. The summed E-state index contributed by atoms with van der Waals surface area (Å²) in [5.74, 6) is 2.71. The standard InChI is InChI=1S/C17H28BN3O4S/c1-7-9-17(12-20(13-17)26(23,24)8-2)21-11-14(10-19-21)18-25-16(5,6)15(3,4)22/h1,10-11,18,22H,8-9,12-13H2,2-6H3. The molecule has 1 aliphatic rings. The summed E-state index contributed by atoms with van der Waals surface area (Å²) in [6, 6.07) is 0. The van der Waals surface area contributed by atoms with Crippen molar-refractivity contribution in [2.75, 3.05) is 18.8 Å². The molecule has 0 bridgehead atoms. The number of terminal acetylenes is 1. The molecule has 0 aliphatic carbocycles. The lowest BCUT2D eigenvalue weighted by Gasteiger charge is -2.48. The van der Waals surface area contributed by atoms with Gasteiger partial charge in [0.15, 0.2) is 0 Å². The highest BCUT2D eigenvalue weighted by atomic mass is 32.2. The molecule has 0 atom stereocenters. The Bertz CT molecular complexity index is 784. The van der Waals surface area contributed by atoms with Crippen LogP contribution in [0.15, 0.2) is 12.4 Å². The summed E-state index contributed by atoms with van der Waals surface area (Å²) in [4.78, 5) is 0. The van der Waals surface area contributed by atoms with Crippen molar-refractivity contribution in [2.45, 2.75) is 57.8 Å². The summed E-state index contributed by atoms with van der Waals surface area (Å²) >= 11 is 0. The smallest absolute Gasteiger partial charge is 0.312 e. The Morgan fingerprint density at radius 1 is 1.42 bits per heavy atom. The van der Waals surface area contributed by atoms with Crippen LogP contribution in [0.5, 0.6) is 0 Å². The van der Waals surface area contributed by atoms with Gasteiger partial charge in [-0.15, -0.1) is 12.3 Å². The van der Waals surface area contributed by atoms with Gasteiger partial charge in [0.1, 0.15) is 5.54 Å². The molecule has 1 N–H and O–H groups in total. The van der Waals surface area contributed by atoms with E-state index in [-0.39, 0.29) is 5.75 Å². The third-order valence-corrected chi connectivity index (χ3v) is 7.10. The lowest BCUT2D eigenvalue weighted by molar-refractivity contribution is -0.0893. The Labute approximate surface area is 157 Å². The average Bonchev–Trinajstić information content (AvgIpc) is 2.96. The summed E-state index contributed by atoms with van der Waals surface area (Å²) in [7, 11) is -2.94. The molecule has 0 amide bonds. The molecule has 0 saturated carbocycles. The van der Waals surface area contributed by atoms with E-state index >= 15 is 0 Å². The van der Waals surface area contributed by atoms with E-state index in [0.717, 1.165) is 5.46 Å². The molecule has 0 unspecified atom stereocenters. The van der Waals surface area contributed by atoms with Crippen molar-refractivity contribution in [2.24, 2.45) is 0 Å². The van der Waals surface area contributed by atoms with Gasteiger partial charge < -0.3 is 9.76 Å². The molecular weight excluding hydrogens is 353 g/mol. The van der Waals surface area contributed by atoms with Gasteiger partial charge in [0, 0.05) is 31.9 Å². The first-order valence-corrected chi connectivity index (χ1v) is 10.3. The summed E-state index contributed by atoms with van der Waals surface area (Å²) in [5.41, 5.74) is -1.39. The van der Waals surface area contributed by atoms with Gasteiger partial charge in [-0.2, -0.15) is 9.40 Å². The molecule has 9 heteroatoms. The van der Waals surface area contributed by atoms with Crippen LogP contribution in [0.25, 0.3) is 0 Å². The molecule has 1 aromatic rings. The highest BCUT2D eigenvalue weighted by Gasteiger charge is 2.49. The summed E-state index contributed by atoms with van der Waals surface area (Å²) in [6.45, 7) is 9.34. The molecule has 2 rings (SSSR count). The number of sulfonamides is 1. The van der Waals surface area contributed by atoms with Crippen LogP contribution in [0.4, 0.5) is 0 Å². The second-order valence-corrected chi connectivity index (χ2v) is 10.2. The van der Waals surface area contributed by atoms with Gasteiger partial charge in [0.2, 0.25) is 10.0 Å². The van der Waals surface area contributed by atoms with E-state index in [1.165, 1.54) is 4.31 Å². The van der Waals surface area contributed by atoms with Crippen molar-refractivity contribution in [1.29, 1.82) is 0 Å². The number of hydrogen-bond donors (Lipinski definition) is 1. The molecule has 2 heterocycles. The van der Waals surface area contributed by atoms with Gasteiger partial charge in [0.25, 0.3) is 0 Å². The zero-order chi connectivity index (χ0) is 19.8. The predicted octanol–water partition coefficient (Wildman–Crippen LogP) is -0.190. The third-order valence-electron chi connectivity index (χ3n) is 5.33. The fourth-order valence-electron chi connectivity index (χ4n) is 2.65. The van der Waals surface area contributed by atoms with Crippen LogP contribution >= 0.6 is 0 Å². The van der Waals surface area contributed by atoms with Crippen molar-refractivity contribution >= 4 is 23.0 Å². The Balaban J connectivity index is 2.11. The third kappa shape index (κ3) is 3.99. The topological polar surface area (TPSA) is 84.7 Å². The maximum absolute atomic E-state index is 12.0. The van der Waals surface area contributed by atoms with Crippen LogP contribution in [0.2, 0.25) is 0 Å². The Morgan fingerprint density at radius 2 is 2.04 bits per heavy atom. The van der Waals surface area contributed by atoms with Crippen molar-refractivity contribution in [3.63, 3.8) is 0 Å². The van der Waals surface area contributed by atoms with E-state index in [2.05, 4.69) is 11.0 Å². The van der Waals surface area contributed by atoms with Crippen LogP contribution < -0.4 is 5.46 Å². The average molecular weight is 381 g/mol. The number of aliphatic hydroxyl groups is 1. The van der Waals surface area contributed by atoms with Crippen molar-refractivity contribution in [3.8, 4) is 12.3 Å². The molecule has 26 heavy (non-hydrogen) atoms. The van der Waals surface area contributed by atoms with Crippen LogP contribution in [0, 0.1) is 12.3 Å². The summed E-state index contributed by atoms with van der Waals surface area (Å²) < 4.78 is 33.1. The molecular formula is C17H28BN3O4S. The van der Waals surface area contributed by atoms with Crippen LogP contribution in [0.3, 0.4) is 0 Å². The molecule has 1 fully saturated rings. The minimum absolute atomic E-state index is 0.0728. The van der Waals surface area contributed by atoms with Crippen LogP contribution in [0.1, 0.15) is 41.0 Å². The Hall–Kier alpha value is -1.34. The highest BCUT2D eigenvalue weighted by Crippen LogP contribution is 2.33. The van der Waals surface area contributed by atoms with Gasteiger partial charge in [-0.3, -0.25) is 4.68 Å². The van der Waals surface area contributed by atoms with E-state index in [9.17, 15) is 13.5 Å². The Morgan fingerprint density at radius 3 is 2.54 bits per heavy atom. The molecule has 7 nitrogen and oxygen atoms in total. The first kappa shape index (κ1) is 21.0. The van der Waals surface area contributed by atoms with Crippen LogP contribution in [-0.4, -0.2) is 65.1 Å². The van der Waals surface area contributed by atoms with Crippen molar-refractivity contribution < 1.29 is 18.2 Å². The van der Waals surface area contributed by atoms with E-state index in [0.29, 0.717) is 27.0 Å². The molecule has 0 radical (unpaired) electrons. The fraction of sp³-hybridized carbons (Fsp3) is 0.706. The van der Waals surface area contributed by atoms with Gasteiger partial charge >= 0.3 is 7.48 Å². The Kier molecular flexibility index (Phi) is 5.65. The first-order valence-electron chi connectivity index (χ1n) is 8.68. The molecule has 0 spiro atoms. The second-order valence-electron chi connectivity index (χ2n) is 7.93. The summed E-state index contributed by atoms with van der Waals surface area (Å²) in [6.07, 6.45) is 9.44. The van der Waals surface area contributed by atoms with E-state index in [4.69, 9.17) is 11.1 Å². The lowest BCUT2D eigenvalue weighted by Crippen LogP contribution is -2.64. The molecule has 1 saturated heterocycles. The minimum atomic E-state index is -3.23. The van der Waals surface area contributed by atoms with Crippen molar-refractivity contribution in [1.82, 2.24) is 14.1 Å². The first-order chi connectivity index (χ1) is 11.9. The molecule has 1 aliphatic heterocycles. The molecule has 144 valence electrons. The number of nitrogens with zero attached hydrogens (tertiary/aromatic N) is 3. The monoisotopic (exact) mass is 381 g/mol. The number of aromatic nitrogens is 2. The maximum atomic E-state index is 12.0.